The van der Waals surface area contributed by atoms with Crippen LogP contribution in [0.4, 0.5) is 0 Å². The number of hydrogen-bond acceptors (Lipinski definition) is 4. The lowest BCUT2D eigenvalue weighted by atomic mass is 10.0. The van der Waals surface area contributed by atoms with Crippen LogP contribution in [0.15, 0.2) is 65.6 Å². The highest BCUT2D eigenvalue weighted by atomic mass is 32.2. The van der Waals surface area contributed by atoms with Gasteiger partial charge in [-0.25, -0.2) is 0 Å². The molecule has 1 atom stereocenters. The van der Waals surface area contributed by atoms with Crippen molar-refractivity contribution in [2.24, 2.45) is 0 Å². The monoisotopic (exact) mass is 407 g/mol. The third-order valence-electron chi connectivity index (χ3n) is 5.45. The van der Waals surface area contributed by atoms with Gasteiger partial charge in [-0.3, -0.25) is 4.79 Å². The van der Waals surface area contributed by atoms with Crippen LogP contribution < -0.4 is 9.47 Å². The molecule has 4 rings (SSSR count). The minimum atomic E-state index is 0.0968. The van der Waals surface area contributed by atoms with E-state index in [9.17, 15) is 4.79 Å². The van der Waals surface area contributed by atoms with Crippen molar-refractivity contribution in [2.45, 2.75) is 23.8 Å². The van der Waals surface area contributed by atoms with Gasteiger partial charge in [-0.05, 0) is 53.4 Å². The average Bonchev–Trinajstić information content (AvgIpc) is 3.27. The zero-order valence-corrected chi connectivity index (χ0v) is 17.6. The Hall–Kier alpha value is -2.66. The Morgan fingerprint density at radius 2 is 1.79 bits per heavy atom. The van der Waals surface area contributed by atoms with Crippen molar-refractivity contribution in [2.75, 3.05) is 26.5 Å². The molecule has 0 saturated carbocycles. The Bertz CT molecular complexity index is 1020. The van der Waals surface area contributed by atoms with Crippen LogP contribution in [-0.4, -0.2) is 37.3 Å². The molecule has 1 unspecified atom stereocenters. The Kier molecular flexibility index (Phi) is 5.95. The van der Waals surface area contributed by atoms with Gasteiger partial charge in [-0.2, -0.15) is 0 Å². The fraction of sp³-hybridized carbons (Fsp3) is 0.292. The maximum absolute atomic E-state index is 13.0. The molecule has 0 aromatic heterocycles. The predicted octanol–water partition coefficient (Wildman–Crippen LogP) is 5.31. The molecular weight excluding hydrogens is 382 g/mol. The summed E-state index contributed by atoms with van der Waals surface area (Å²) in [5.41, 5.74) is 1.10. The third kappa shape index (κ3) is 4.20. The molecule has 1 amide bonds. The fourth-order valence-electron chi connectivity index (χ4n) is 3.96. The number of rotatable bonds is 6. The lowest BCUT2D eigenvalue weighted by Gasteiger charge is -2.25. The second-order valence-corrected chi connectivity index (χ2v) is 8.21. The van der Waals surface area contributed by atoms with E-state index < -0.39 is 0 Å². The molecule has 1 aliphatic heterocycles. The lowest BCUT2D eigenvalue weighted by molar-refractivity contribution is -0.129. The number of thioether (sulfide) groups is 1. The van der Waals surface area contributed by atoms with E-state index in [2.05, 4.69) is 30.3 Å². The van der Waals surface area contributed by atoms with Gasteiger partial charge in [0.2, 0.25) is 5.91 Å². The summed E-state index contributed by atoms with van der Waals surface area (Å²) in [4.78, 5) is 16.1. The zero-order valence-electron chi connectivity index (χ0n) is 16.8. The van der Waals surface area contributed by atoms with Crippen LogP contribution >= 0.6 is 11.8 Å². The first-order valence-electron chi connectivity index (χ1n) is 9.82. The topological polar surface area (TPSA) is 38.8 Å². The van der Waals surface area contributed by atoms with E-state index in [0.717, 1.165) is 29.8 Å². The molecule has 29 heavy (non-hydrogen) atoms. The Balaban J connectivity index is 1.46. The van der Waals surface area contributed by atoms with E-state index in [0.29, 0.717) is 17.3 Å². The molecule has 1 saturated heterocycles. The Labute approximate surface area is 175 Å². The summed E-state index contributed by atoms with van der Waals surface area (Å²) in [5, 5.41) is 2.42. The number of likely N-dealkylation sites (tertiary alicyclic amines) is 1. The van der Waals surface area contributed by atoms with Gasteiger partial charge in [0.15, 0.2) is 11.5 Å². The van der Waals surface area contributed by atoms with Crippen molar-refractivity contribution in [3.8, 4) is 11.5 Å². The van der Waals surface area contributed by atoms with Crippen LogP contribution in [0, 0.1) is 0 Å². The van der Waals surface area contributed by atoms with E-state index in [1.807, 2.05) is 35.2 Å². The van der Waals surface area contributed by atoms with Crippen LogP contribution in [-0.2, 0) is 4.79 Å². The van der Waals surface area contributed by atoms with Gasteiger partial charge in [-0.1, -0.05) is 36.4 Å². The summed E-state index contributed by atoms with van der Waals surface area (Å²) in [5.74, 6) is 2.04. The second kappa shape index (κ2) is 8.78. The maximum Gasteiger partial charge on any atom is 0.233 e. The van der Waals surface area contributed by atoms with Gasteiger partial charge in [0.25, 0.3) is 0 Å². The van der Waals surface area contributed by atoms with Gasteiger partial charge in [-0.15, -0.1) is 11.8 Å². The summed E-state index contributed by atoms with van der Waals surface area (Å²) in [6.45, 7) is 0.802. The molecule has 1 fully saturated rings. The molecule has 0 bridgehead atoms. The molecule has 3 aromatic carbocycles. The highest BCUT2D eigenvalue weighted by Gasteiger charge is 2.30. The summed E-state index contributed by atoms with van der Waals surface area (Å²) < 4.78 is 10.8. The van der Waals surface area contributed by atoms with E-state index >= 15 is 0 Å². The number of amides is 1. The molecule has 1 aliphatic rings. The molecule has 5 heteroatoms. The normalized spacial score (nSPS) is 16.2. The second-order valence-electron chi connectivity index (χ2n) is 7.16. The SMILES string of the molecule is COc1ccc(C2CCCN2C(=O)CSc2ccc3ccccc3c2)cc1OC. The molecule has 0 radical (unpaired) electrons. The van der Waals surface area contributed by atoms with Crippen molar-refractivity contribution in [3.05, 3.63) is 66.2 Å². The number of fused-ring (bicyclic) bond motifs is 1. The minimum absolute atomic E-state index is 0.0968. The van der Waals surface area contributed by atoms with Crippen LogP contribution in [0.25, 0.3) is 10.8 Å². The highest BCUT2D eigenvalue weighted by Crippen LogP contribution is 2.37. The van der Waals surface area contributed by atoms with E-state index in [1.165, 1.54) is 10.8 Å². The Morgan fingerprint density at radius 1 is 1.00 bits per heavy atom. The minimum Gasteiger partial charge on any atom is -0.493 e. The molecule has 4 nitrogen and oxygen atoms in total. The number of benzene rings is 3. The average molecular weight is 408 g/mol. The fourth-order valence-corrected chi connectivity index (χ4v) is 4.79. The van der Waals surface area contributed by atoms with Crippen molar-refractivity contribution < 1.29 is 14.3 Å². The lowest BCUT2D eigenvalue weighted by Crippen LogP contribution is -2.32. The molecule has 1 heterocycles. The number of hydrogen-bond donors (Lipinski definition) is 0. The van der Waals surface area contributed by atoms with E-state index in [1.54, 1.807) is 26.0 Å². The number of carbonyl (C=O) groups is 1. The first kappa shape index (κ1) is 19.6. The number of ether oxygens (including phenoxy) is 2. The zero-order chi connectivity index (χ0) is 20.2. The van der Waals surface area contributed by atoms with Gasteiger partial charge in [0, 0.05) is 11.4 Å². The van der Waals surface area contributed by atoms with E-state index in [4.69, 9.17) is 9.47 Å². The standard InChI is InChI=1S/C24H25NO3S/c1-27-22-12-10-19(15-23(22)28-2)21-8-5-13-25(21)24(26)16-29-20-11-9-17-6-3-4-7-18(17)14-20/h3-4,6-7,9-12,14-15,21H,5,8,13,16H2,1-2H3. The Morgan fingerprint density at radius 3 is 2.59 bits per heavy atom. The quantitative estimate of drug-likeness (QED) is 0.519. The molecular formula is C24H25NO3S. The summed E-state index contributed by atoms with van der Waals surface area (Å²) in [7, 11) is 3.27. The van der Waals surface area contributed by atoms with Crippen molar-refractivity contribution in [1.29, 1.82) is 0 Å². The first-order valence-corrected chi connectivity index (χ1v) is 10.8. The number of carbonyl (C=O) groups excluding carboxylic acids is 1. The largest absolute Gasteiger partial charge is 0.493 e. The van der Waals surface area contributed by atoms with Crippen LogP contribution in [0.2, 0.25) is 0 Å². The van der Waals surface area contributed by atoms with Crippen molar-refractivity contribution in [3.63, 3.8) is 0 Å². The number of methoxy groups -OCH3 is 2. The van der Waals surface area contributed by atoms with Crippen molar-refractivity contribution >= 4 is 28.4 Å². The van der Waals surface area contributed by atoms with Crippen molar-refractivity contribution in [1.82, 2.24) is 4.90 Å². The molecule has 0 aliphatic carbocycles. The van der Waals surface area contributed by atoms with Gasteiger partial charge in [0.05, 0.1) is 26.0 Å². The van der Waals surface area contributed by atoms with Crippen LogP contribution in [0.1, 0.15) is 24.4 Å². The summed E-state index contributed by atoms with van der Waals surface area (Å²) in [6, 6.07) is 20.7. The van der Waals surface area contributed by atoms with Gasteiger partial charge >= 0.3 is 0 Å². The van der Waals surface area contributed by atoms with Gasteiger partial charge in [0.1, 0.15) is 0 Å². The summed E-state index contributed by atoms with van der Waals surface area (Å²) >= 11 is 1.61. The van der Waals surface area contributed by atoms with Crippen LogP contribution in [0.3, 0.4) is 0 Å². The molecule has 150 valence electrons. The number of nitrogens with zero attached hydrogens (tertiary/aromatic N) is 1. The van der Waals surface area contributed by atoms with Crippen LogP contribution in [0.5, 0.6) is 11.5 Å². The first-order chi connectivity index (χ1) is 14.2. The highest BCUT2D eigenvalue weighted by molar-refractivity contribution is 8.00. The third-order valence-corrected chi connectivity index (χ3v) is 6.43. The predicted molar refractivity (Wildman–Crippen MR) is 118 cm³/mol. The molecule has 0 N–H and O–H groups in total. The molecule has 3 aromatic rings. The summed E-state index contributed by atoms with van der Waals surface area (Å²) in [6.07, 6.45) is 1.99. The van der Waals surface area contributed by atoms with Gasteiger partial charge < -0.3 is 14.4 Å². The molecule has 0 spiro atoms. The maximum atomic E-state index is 13.0. The smallest absolute Gasteiger partial charge is 0.233 e. The van der Waals surface area contributed by atoms with E-state index in [-0.39, 0.29) is 11.9 Å².